The smallest absolute Gasteiger partial charge is 0.266 e. The summed E-state index contributed by atoms with van der Waals surface area (Å²) in [5.41, 5.74) is 1.92. The summed E-state index contributed by atoms with van der Waals surface area (Å²) in [7, 11) is 0. The first-order valence-electron chi connectivity index (χ1n) is 8.64. The zero-order valence-corrected chi connectivity index (χ0v) is 13.9. The number of piperidine rings is 1. The van der Waals surface area contributed by atoms with Crippen LogP contribution >= 0.6 is 0 Å². The molecular formula is C19H23N3O2. The Morgan fingerprint density at radius 3 is 2.50 bits per heavy atom. The Balaban J connectivity index is 1.62. The summed E-state index contributed by atoms with van der Waals surface area (Å²) in [6.07, 6.45) is 3.59. The van der Waals surface area contributed by atoms with Gasteiger partial charge in [0.2, 0.25) is 0 Å². The first-order valence-corrected chi connectivity index (χ1v) is 8.64. The summed E-state index contributed by atoms with van der Waals surface area (Å²) >= 11 is 0. The second kappa shape index (κ2) is 5.83. The molecule has 2 saturated heterocycles. The maximum Gasteiger partial charge on any atom is 0.266 e. The van der Waals surface area contributed by atoms with Gasteiger partial charge < -0.3 is 10.4 Å². The van der Waals surface area contributed by atoms with E-state index in [-0.39, 0.29) is 12.1 Å². The van der Waals surface area contributed by atoms with E-state index in [4.69, 9.17) is 0 Å². The molecule has 0 unspecified atom stereocenters. The second-order valence-electron chi connectivity index (χ2n) is 7.35. The molecule has 2 atom stereocenters. The minimum atomic E-state index is -0.847. The highest BCUT2D eigenvalue weighted by atomic mass is 16.3. The maximum atomic E-state index is 12.2. The number of benzene rings is 1. The van der Waals surface area contributed by atoms with Crippen molar-refractivity contribution in [2.24, 2.45) is 0 Å². The fraction of sp³-hybridized carbons (Fsp3) is 0.474. The van der Waals surface area contributed by atoms with Crippen molar-refractivity contribution in [1.82, 2.24) is 15.1 Å². The van der Waals surface area contributed by atoms with E-state index in [2.05, 4.69) is 10.4 Å². The lowest BCUT2D eigenvalue weighted by Crippen LogP contribution is -2.51. The van der Waals surface area contributed by atoms with Crippen molar-refractivity contribution in [2.75, 3.05) is 0 Å². The summed E-state index contributed by atoms with van der Waals surface area (Å²) in [5.74, 6) is 0. The molecule has 3 heterocycles. The molecule has 1 aromatic carbocycles. The van der Waals surface area contributed by atoms with Crippen molar-refractivity contribution < 1.29 is 5.11 Å². The van der Waals surface area contributed by atoms with E-state index in [9.17, 15) is 9.90 Å². The monoisotopic (exact) mass is 325 g/mol. The van der Waals surface area contributed by atoms with Gasteiger partial charge >= 0.3 is 0 Å². The van der Waals surface area contributed by atoms with Crippen LogP contribution in [0.4, 0.5) is 0 Å². The fourth-order valence-corrected chi connectivity index (χ4v) is 4.07. The molecule has 2 aromatic rings. The van der Waals surface area contributed by atoms with Crippen LogP contribution in [0.15, 0.2) is 41.2 Å². The minimum absolute atomic E-state index is 0.162. The van der Waals surface area contributed by atoms with E-state index in [1.165, 1.54) is 10.2 Å². The molecule has 0 aliphatic carbocycles. The quantitative estimate of drug-likeness (QED) is 0.904. The van der Waals surface area contributed by atoms with E-state index in [0.717, 1.165) is 24.1 Å². The molecule has 4 rings (SSSR count). The number of hydrogen-bond acceptors (Lipinski definition) is 4. The number of nitrogens with zero attached hydrogens (tertiary/aromatic N) is 2. The van der Waals surface area contributed by atoms with Gasteiger partial charge in [-0.3, -0.25) is 4.79 Å². The van der Waals surface area contributed by atoms with Gasteiger partial charge in [-0.05, 0) is 38.7 Å². The summed E-state index contributed by atoms with van der Waals surface area (Å²) in [6.45, 7) is 2.30. The Labute approximate surface area is 141 Å². The normalized spacial score (nSPS) is 28.9. The van der Waals surface area contributed by atoms with Gasteiger partial charge in [0.15, 0.2) is 0 Å². The molecule has 1 aromatic heterocycles. The van der Waals surface area contributed by atoms with Crippen molar-refractivity contribution in [2.45, 2.75) is 56.8 Å². The van der Waals surface area contributed by atoms with Crippen LogP contribution in [0.2, 0.25) is 0 Å². The lowest BCUT2D eigenvalue weighted by atomic mass is 9.87. The van der Waals surface area contributed by atoms with Crippen LogP contribution in [0.1, 0.15) is 31.2 Å². The van der Waals surface area contributed by atoms with E-state index in [1.54, 1.807) is 12.1 Å². The molecule has 2 aliphatic rings. The Morgan fingerprint density at radius 1 is 1.17 bits per heavy atom. The van der Waals surface area contributed by atoms with Crippen LogP contribution in [-0.2, 0) is 6.54 Å². The predicted molar refractivity (Wildman–Crippen MR) is 92.8 cm³/mol. The van der Waals surface area contributed by atoms with E-state index < -0.39 is 5.60 Å². The van der Waals surface area contributed by atoms with Crippen molar-refractivity contribution in [3.63, 3.8) is 0 Å². The third-order valence-corrected chi connectivity index (χ3v) is 5.25. The third-order valence-electron chi connectivity index (χ3n) is 5.25. The zero-order chi connectivity index (χ0) is 16.7. The predicted octanol–water partition coefficient (Wildman–Crippen LogP) is 1.86. The molecule has 126 valence electrons. The number of aromatic nitrogens is 2. The van der Waals surface area contributed by atoms with Crippen molar-refractivity contribution in [3.05, 3.63) is 52.3 Å². The number of fused-ring (bicyclic) bond motifs is 2. The van der Waals surface area contributed by atoms with Crippen LogP contribution < -0.4 is 10.9 Å². The van der Waals surface area contributed by atoms with Crippen LogP contribution in [0.25, 0.3) is 11.3 Å². The Kier molecular flexibility index (Phi) is 3.77. The van der Waals surface area contributed by atoms with Gasteiger partial charge in [0.25, 0.3) is 5.56 Å². The van der Waals surface area contributed by atoms with Crippen molar-refractivity contribution in [3.8, 4) is 11.3 Å². The average Bonchev–Trinajstić information content (AvgIpc) is 2.90. The number of aliphatic hydroxyl groups is 1. The molecule has 5 nitrogen and oxygen atoms in total. The van der Waals surface area contributed by atoms with E-state index in [0.29, 0.717) is 24.9 Å². The Bertz CT molecular complexity index is 785. The average molecular weight is 325 g/mol. The fourth-order valence-electron chi connectivity index (χ4n) is 4.07. The van der Waals surface area contributed by atoms with E-state index in [1.807, 2.05) is 31.2 Å². The maximum absolute atomic E-state index is 12.2. The Hall–Kier alpha value is -1.98. The SMILES string of the molecule is Cc1ccc(-c2ccc(=O)n(CC3(O)C[C@H]4CC[C@H](C3)N4)n2)cc1. The van der Waals surface area contributed by atoms with Gasteiger partial charge in [-0.25, -0.2) is 4.68 Å². The lowest BCUT2D eigenvalue weighted by Gasteiger charge is -2.37. The third kappa shape index (κ3) is 3.01. The first kappa shape index (κ1) is 15.5. The van der Waals surface area contributed by atoms with Crippen LogP contribution in [0.5, 0.6) is 0 Å². The zero-order valence-electron chi connectivity index (χ0n) is 13.9. The highest BCUT2D eigenvalue weighted by Crippen LogP contribution is 2.34. The summed E-state index contributed by atoms with van der Waals surface area (Å²) in [4.78, 5) is 12.2. The minimum Gasteiger partial charge on any atom is -0.388 e. The first-order chi connectivity index (χ1) is 11.5. The molecular weight excluding hydrogens is 302 g/mol. The van der Waals surface area contributed by atoms with Gasteiger partial charge in [-0.2, -0.15) is 5.10 Å². The largest absolute Gasteiger partial charge is 0.388 e. The summed E-state index contributed by atoms with van der Waals surface area (Å²) in [5, 5.41) is 19.0. The van der Waals surface area contributed by atoms with Gasteiger partial charge in [0, 0.05) is 23.7 Å². The number of nitrogens with one attached hydrogen (secondary N) is 1. The molecule has 24 heavy (non-hydrogen) atoms. The second-order valence-corrected chi connectivity index (χ2v) is 7.35. The molecule has 2 bridgehead atoms. The molecule has 2 aliphatic heterocycles. The van der Waals surface area contributed by atoms with Gasteiger partial charge in [0.05, 0.1) is 17.8 Å². The lowest BCUT2D eigenvalue weighted by molar-refractivity contribution is -0.0249. The molecule has 0 amide bonds. The number of rotatable bonds is 3. The van der Waals surface area contributed by atoms with Crippen LogP contribution in [0, 0.1) is 6.92 Å². The molecule has 2 N–H and O–H groups in total. The highest BCUT2D eigenvalue weighted by Gasteiger charge is 2.42. The van der Waals surface area contributed by atoms with Gasteiger partial charge in [0.1, 0.15) is 0 Å². The summed E-state index contributed by atoms with van der Waals surface area (Å²) < 4.78 is 1.43. The Morgan fingerprint density at radius 2 is 1.83 bits per heavy atom. The molecule has 0 radical (unpaired) electrons. The number of hydrogen-bond donors (Lipinski definition) is 2. The molecule has 0 spiro atoms. The molecule has 0 saturated carbocycles. The van der Waals surface area contributed by atoms with Crippen LogP contribution in [0.3, 0.4) is 0 Å². The topological polar surface area (TPSA) is 67.2 Å². The molecule has 5 heteroatoms. The molecule has 2 fully saturated rings. The highest BCUT2D eigenvalue weighted by molar-refractivity contribution is 5.58. The van der Waals surface area contributed by atoms with Crippen molar-refractivity contribution in [1.29, 1.82) is 0 Å². The van der Waals surface area contributed by atoms with Gasteiger partial charge in [-0.1, -0.05) is 29.8 Å². The van der Waals surface area contributed by atoms with Crippen LogP contribution in [-0.4, -0.2) is 32.6 Å². The standard InChI is InChI=1S/C19H23N3O2/c1-13-2-4-14(5-3-13)17-8-9-18(23)22(21-17)12-19(24)10-15-6-7-16(11-19)20-15/h2-5,8-9,15-16,20,24H,6-7,10-12H2,1H3/t15-,16-/m1/s1. The van der Waals surface area contributed by atoms with Crippen molar-refractivity contribution >= 4 is 0 Å². The van der Waals surface area contributed by atoms with E-state index >= 15 is 0 Å². The van der Waals surface area contributed by atoms with Gasteiger partial charge in [-0.15, -0.1) is 0 Å². The summed E-state index contributed by atoms with van der Waals surface area (Å²) in [6, 6.07) is 12.1. The number of aryl methyl sites for hydroxylation is 1.